The van der Waals surface area contributed by atoms with Gasteiger partial charge in [-0.15, -0.1) is 0 Å². The van der Waals surface area contributed by atoms with Gasteiger partial charge in [-0.05, 0) is 62.9 Å². The Bertz CT molecular complexity index is 1170. The van der Waals surface area contributed by atoms with Crippen molar-refractivity contribution in [2.24, 2.45) is 0 Å². The Morgan fingerprint density at radius 2 is 1.65 bits per heavy atom. The van der Waals surface area contributed by atoms with E-state index < -0.39 is 16.1 Å². The third-order valence-corrected chi connectivity index (χ3v) is 8.13. The Hall–Kier alpha value is -2.29. The second kappa shape index (κ2) is 14.0. The van der Waals surface area contributed by atoms with Crippen molar-refractivity contribution >= 4 is 50.7 Å². The van der Waals surface area contributed by atoms with Gasteiger partial charge in [0.25, 0.3) is 0 Å². The highest BCUT2D eigenvalue weighted by Gasteiger charge is 2.29. The van der Waals surface area contributed by atoms with Gasteiger partial charge >= 0.3 is 0 Å². The van der Waals surface area contributed by atoms with Crippen molar-refractivity contribution < 1.29 is 18.0 Å². The Morgan fingerprint density at radius 1 is 1.00 bits per heavy atom. The largest absolute Gasteiger partial charge is 0.352 e. The van der Waals surface area contributed by atoms with E-state index in [9.17, 15) is 18.0 Å². The fraction of sp³-hybridized carbons (Fsp3) is 0.481. The zero-order chi connectivity index (χ0) is 27.8. The maximum atomic E-state index is 13.5. The van der Waals surface area contributed by atoms with Crippen molar-refractivity contribution in [3.05, 3.63) is 63.6 Å². The second-order valence-corrected chi connectivity index (χ2v) is 12.0. The van der Waals surface area contributed by atoms with Gasteiger partial charge in [-0.25, -0.2) is 8.42 Å². The van der Waals surface area contributed by atoms with Crippen LogP contribution in [-0.2, 0) is 26.2 Å². The molecule has 0 fully saturated rings. The maximum absolute atomic E-state index is 13.5. The minimum atomic E-state index is -3.54. The first kappa shape index (κ1) is 30.9. The molecule has 0 aliphatic rings. The highest BCUT2D eigenvalue weighted by molar-refractivity contribution is 7.92. The van der Waals surface area contributed by atoms with Crippen LogP contribution in [0.4, 0.5) is 5.69 Å². The van der Waals surface area contributed by atoms with E-state index in [1.54, 1.807) is 35.2 Å². The number of rotatable bonds is 13. The third-order valence-electron chi connectivity index (χ3n) is 6.20. The molecule has 204 valence electrons. The average molecular weight is 571 g/mol. The molecule has 0 heterocycles. The number of amides is 2. The number of anilines is 1. The minimum Gasteiger partial charge on any atom is -0.352 e. The molecule has 37 heavy (non-hydrogen) atoms. The molecule has 2 atom stereocenters. The van der Waals surface area contributed by atoms with Crippen LogP contribution in [0.5, 0.6) is 0 Å². The summed E-state index contributed by atoms with van der Waals surface area (Å²) in [4.78, 5) is 28.1. The number of sulfonamides is 1. The van der Waals surface area contributed by atoms with Crippen molar-refractivity contribution in [2.45, 2.75) is 72.0 Å². The van der Waals surface area contributed by atoms with Crippen LogP contribution in [-0.4, -0.2) is 50.0 Å². The van der Waals surface area contributed by atoms with Gasteiger partial charge in [0, 0.05) is 25.6 Å². The molecule has 2 aromatic rings. The number of carbonyl (C=O) groups excluding carboxylic acids is 2. The first-order valence-corrected chi connectivity index (χ1v) is 15.1. The Balaban J connectivity index is 2.24. The van der Waals surface area contributed by atoms with Crippen LogP contribution in [0, 0.1) is 6.92 Å². The number of hydrogen-bond acceptors (Lipinski definition) is 4. The van der Waals surface area contributed by atoms with Gasteiger partial charge < -0.3 is 10.2 Å². The maximum Gasteiger partial charge on any atom is 0.243 e. The van der Waals surface area contributed by atoms with Gasteiger partial charge in [-0.3, -0.25) is 13.9 Å². The number of nitrogens with zero attached hydrogens (tertiary/aromatic N) is 2. The van der Waals surface area contributed by atoms with E-state index in [2.05, 4.69) is 5.32 Å². The summed E-state index contributed by atoms with van der Waals surface area (Å²) in [6, 6.07) is 11.6. The monoisotopic (exact) mass is 569 g/mol. The summed E-state index contributed by atoms with van der Waals surface area (Å²) in [6.07, 6.45) is 2.71. The van der Waals surface area contributed by atoms with Crippen molar-refractivity contribution in [1.82, 2.24) is 10.2 Å². The summed E-state index contributed by atoms with van der Waals surface area (Å²) >= 11 is 12.2. The third kappa shape index (κ3) is 9.20. The standard InChI is InChI=1S/C27H37Cl2N3O4S/c1-6-20(4)30-27(34)25(7-2)31(18-21-12-15-23(28)24(29)17-21)26(33)9-8-16-32(37(5,35)36)22-13-10-19(3)11-14-22/h10-15,17,20,25H,6-9,16,18H2,1-5H3,(H,30,34). The Labute approximate surface area is 231 Å². The quantitative estimate of drug-likeness (QED) is 0.341. The van der Waals surface area contributed by atoms with E-state index in [4.69, 9.17) is 23.2 Å². The number of carbonyl (C=O) groups is 2. The fourth-order valence-corrected chi connectivity index (χ4v) is 5.20. The van der Waals surface area contributed by atoms with E-state index in [0.717, 1.165) is 23.8 Å². The lowest BCUT2D eigenvalue weighted by Crippen LogP contribution is -2.50. The van der Waals surface area contributed by atoms with E-state index in [-0.39, 0.29) is 37.4 Å². The van der Waals surface area contributed by atoms with Gasteiger partial charge in [0.05, 0.1) is 22.0 Å². The van der Waals surface area contributed by atoms with Crippen molar-refractivity contribution in [1.29, 1.82) is 0 Å². The average Bonchev–Trinajstić information content (AvgIpc) is 2.83. The SMILES string of the molecule is CCC(C)NC(=O)C(CC)N(Cc1ccc(Cl)c(Cl)c1)C(=O)CCCN(c1ccc(C)cc1)S(C)(=O)=O. The summed E-state index contributed by atoms with van der Waals surface area (Å²) in [5, 5.41) is 3.75. The van der Waals surface area contributed by atoms with Gasteiger partial charge in [0.1, 0.15) is 6.04 Å². The van der Waals surface area contributed by atoms with Crippen LogP contribution in [0.25, 0.3) is 0 Å². The molecule has 0 aromatic heterocycles. The van der Waals surface area contributed by atoms with Crippen LogP contribution in [0.3, 0.4) is 0 Å². The molecule has 0 bridgehead atoms. The number of nitrogens with one attached hydrogen (secondary N) is 1. The molecule has 2 amide bonds. The molecule has 2 unspecified atom stereocenters. The summed E-state index contributed by atoms with van der Waals surface area (Å²) in [5.41, 5.74) is 2.31. The summed E-state index contributed by atoms with van der Waals surface area (Å²) in [6.45, 7) is 8.00. The minimum absolute atomic E-state index is 0.0266. The first-order chi connectivity index (χ1) is 17.4. The lowest BCUT2D eigenvalue weighted by molar-refractivity contribution is -0.141. The van der Waals surface area contributed by atoms with E-state index in [1.807, 2.05) is 39.8 Å². The van der Waals surface area contributed by atoms with Crippen molar-refractivity contribution in [3.63, 3.8) is 0 Å². The molecule has 0 saturated heterocycles. The molecule has 0 radical (unpaired) electrons. The molecular formula is C27H37Cl2N3O4S. The van der Waals surface area contributed by atoms with E-state index in [0.29, 0.717) is 28.6 Å². The van der Waals surface area contributed by atoms with Crippen LogP contribution in [0.15, 0.2) is 42.5 Å². The molecule has 0 aliphatic heterocycles. The van der Waals surface area contributed by atoms with Gasteiger partial charge in [-0.2, -0.15) is 0 Å². The number of halogens is 2. The normalized spacial score (nSPS) is 13.1. The zero-order valence-electron chi connectivity index (χ0n) is 22.1. The van der Waals surface area contributed by atoms with Gasteiger partial charge in [-0.1, -0.05) is 60.8 Å². The zero-order valence-corrected chi connectivity index (χ0v) is 24.5. The predicted molar refractivity (Wildman–Crippen MR) is 152 cm³/mol. The van der Waals surface area contributed by atoms with Crippen LogP contribution >= 0.6 is 23.2 Å². The van der Waals surface area contributed by atoms with E-state index >= 15 is 0 Å². The predicted octanol–water partition coefficient (Wildman–Crippen LogP) is 5.57. The smallest absolute Gasteiger partial charge is 0.243 e. The molecule has 10 heteroatoms. The fourth-order valence-electron chi connectivity index (χ4n) is 3.91. The molecule has 0 spiro atoms. The van der Waals surface area contributed by atoms with Gasteiger partial charge in [0.15, 0.2) is 0 Å². The Kier molecular flexibility index (Phi) is 11.7. The molecule has 2 aromatic carbocycles. The molecule has 1 N–H and O–H groups in total. The lowest BCUT2D eigenvalue weighted by atomic mass is 10.1. The summed E-state index contributed by atoms with van der Waals surface area (Å²) in [5.74, 6) is -0.461. The second-order valence-electron chi connectivity index (χ2n) is 9.29. The lowest BCUT2D eigenvalue weighted by Gasteiger charge is -2.32. The molecule has 0 aliphatic carbocycles. The molecule has 7 nitrogen and oxygen atoms in total. The molecule has 0 saturated carbocycles. The van der Waals surface area contributed by atoms with Crippen LogP contribution in [0.1, 0.15) is 57.6 Å². The number of aryl methyl sites for hydroxylation is 1. The highest BCUT2D eigenvalue weighted by atomic mass is 35.5. The van der Waals surface area contributed by atoms with Gasteiger partial charge in [0.2, 0.25) is 21.8 Å². The molecular weight excluding hydrogens is 533 g/mol. The van der Waals surface area contributed by atoms with Crippen LogP contribution in [0.2, 0.25) is 10.0 Å². The first-order valence-electron chi connectivity index (χ1n) is 12.5. The Morgan fingerprint density at radius 3 is 2.19 bits per heavy atom. The van der Waals surface area contributed by atoms with E-state index in [1.165, 1.54) is 4.31 Å². The van der Waals surface area contributed by atoms with Crippen LogP contribution < -0.4 is 9.62 Å². The highest BCUT2D eigenvalue weighted by Crippen LogP contribution is 2.25. The number of hydrogen-bond donors (Lipinski definition) is 1. The molecule has 2 rings (SSSR count). The summed E-state index contributed by atoms with van der Waals surface area (Å²) < 4.78 is 26.2. The number of benzene rings is 2. The van der Waals surface area contributed by atoms with Crippen molar-refractivity contribution in [2.75, 3.05) is 17.1 Å². The topological polar surface area (TPSA) is 86.8 Å². The summed E-state index contributed by atoms with van der Waals surface area (Å²) in [7, 11) is -3.54. The van der Waals surface area contributed by atoms with Crippen molar-refractivity contribution in [3.8, 4) is 0 Å².